The third-order valence-corrected chi connectivity index (χ3v) is 2.90. The van der Waals surface area contributed by atoms with Gasteiger partial charge < -0.3 is 10.3 Å². The Morgan fingerprint density at radius 1 is 1.50 bits per heavy atom. The highest BCUT2D eigenvalue weighted by molar-refractivity contribution is 5.19. The molecule has 0 spiro atoms. The van der Waals surface area contributed by atoms with Gasteiger partial charge >= 0.3 is 0 Å². The van der Waals surface area contributed by atoms with Gasteiger partial charge in [-0.3, -0.25) is 0 Å². The smallest absolute Gasteiger partial charge is 0.110 e. The topological polar surface area (TPSA) is 43.8 Å². The lowest BCUT2D eigenvalue weighted by Crippen LogP contribution is -2.10. The van der Waals surface area contributed by atoms with E-state index in [0.29, 0.717) is 6.54 Å². The Labute approximate surface area is 85.3 Å². The van der Waals surface area contributed by atoms with E-state index in [1.807, 2.05) is 0 Å². The van der Waals surface area contributed by atoms with Crippen LogP contribution in [-0.2, 0) is 12.8 Å². The highest BCUT2D eigenvalue weighted by atomic mass is 15.1. The van der Waals surface area contributed by atoms with Crippen molar-refractivity contribution in [1.82, 2.24) is 9.55 Å². The van der Waals surface area contributed by atoms with Gasteiger partial charge in [-0.1, -0.05) is 6.92 Å². The molecule has 1 fully saturated rings. The summed E-state index contributed by atoms with van der Waals surface area (Å²) in [5, 5.41) is 0. The molecule has 0 bridgehead atoms. The van der Waals surface area contributed by atoms with Gasteiger partial charge in [0.1, 0.15) is 5.82 Å². The molecule has 1 aliphatic rings. The monoisotopic (exact) mass is 193 g/mol. The molecule has 0 aromatic carbocycles. The van der Waals surface area contributed by atoms with E-state index in [-0.39, 0.29) is 0 Å². The maximum atomic E-state index is 5.60. The third kappa shape index (κ3) is 1.57. The summed E-state index contributed by atoms with van der Waals surface area (Å²) in [4.78, 5) is 4.62. The van der Waals surface area contributed by atoms with Crippen LogP contribution in [0.3, 0.4) is 0 Å². The van der Waals surface area contributed by atoms with Crippen LogP contribution in [-0.4, -0.2) is 16.1 Å². The second-order valence-electron chi connectivity index (χ2n) is 4.05. The Balaban J connectivity index is 2.37. The lowest BCUT2D eigenvalue weighted by Gasteiger charge is -2.09. The van der Waals surface area contributed by atoms with E-state index in [1.165, 1.54) is 30.1 Å². The van der Waals surface area contributed by atoms with Gasteiger partial charge in [0.25, 0.3) is 0 Å². The van der Waals surface area contributed by atoms with Crippen LogP contribution in [0.1, 0.15) is 43.0 Å². The number of aryl methyl sites for hydroxylation is 1. The van der Waals surface area contributed by atoms with Crippen molar-refractivity contribution in [3.05, 3.63) is 17.2 Å². The van der Waals surface area contributed by atoms with Gasteiger partial charge in [0.15, 0.2) is 0 Å². The molecule has 0 radical (unpaired) electrons. The molecule has 3 nitrogen and oxygen atoms in total. The minimum Gasteiger partial charge on any atom is -0.330 e. The van der Waals surface area contributed by atoms with Crippen molar-refractivity contribution >= 4 is 0 Å². The lowest BCUT2D eigenvalue weighted by molar-refractivity contribution is 0.647. The number of imidazole rings is 1. The Morgan fingerprint density at radius 2 is 2.21 bits per heavy atom. The average molecular weight is 193 g/mol. The van der Waals surface area contributed by atoms with Gasteiger partial charge in [-0.25, -0.2) is 4.98 Å². The normalized spacial score (nSPS) is 16.2. The van der Waals surface area contributed by atoms with Crippen LogP contribution < -0.4 is 5.73 Å². The Hall–Kier alpha value is -0.830. The van der Waals surface area contributed by atoms with E-state index >= 15 is 0 Å². The molecule has 1 aromatic heterocycles. The minimum absolute atomic E-state index is 0.701. The van der Waals surface area contributed by atoms with Crippen LogP contribution in [0.2, 0.25) is 0 Å². The Kier molecular flexibility index (Phi) is 2.59. The SMILES string of the molecule is CCc1c(C)nc(CCN)n1C1CC1. The second-order valence-corrected chi connectivity index (χ2v) is 4.05. The number of nitrogens with zero attached hydrogens (tertiary/aromatic N) is 2. The van der Waals surface area contributed by atoms with E-state index in [2.05, 4.69) is 23.4 Å². The Morgan fingerprint density at radius 3 is 2.71 bits per heavy atom. The summed E-state index contributed by atoms with van der Waals surface area (Å²) >= 11 is 0. The number of hydrogen-bond donors (Lipinski definition) is 1. The predicted octanol–water partition coefficient (Wildman–Crippen LogP) is 1.59. The van der Waals surface area contributed by atoms with Crippen molar-refractivity contribution in [3.63, 3.8) is 0 Å². The summed E-state index contributed by atoms with van der Waals surface area (Å²) < 4.78 is 2.43. The van der Waals surface area contributed by atoms with Crippen molar-refractivity contribution in [2.24, 2.45) is 5.73 Å². The van der Waals surface area contributed by atoms with E-state index in [4.69, 9.17) is 5.73 Å². The van der Waals surface area contributed by atoms with Crippen LogP contribution in [0.25, 0.3) is 0 Å². The first-order valence-corrected chi connectivity index (χ1v) is 5.54. The fourth-order valence-corrected chi connectivity index (χ4v) is 2.14. The van der Waals surface area contributed by atoms with E-state index in [9.17, 15) is 0 Å². The summed E-state index contributed by atoms with van der Waals surface area (Å²) in [5.74, 6) is 1.20. The third-order valence-electron chi connectivity index (χ3n) is 2.90. The minimum atomic E-state index is 0.701. The fourth-order valence-electron chi connectivity index (χ4n) is 2.14. The van der Waals surface area contributed by atoms with Crippen molar-refractivity contribution in [2.45, 2.75) is 45.6 Å². The highest BCUT2D eigenvalue weighted by Crippen LogP contribution is 2.38. The molecule has 0 aliphatic heterocycles. The average Bonchev–Trinajstić information content (AvgIpc) is 2.93. The van der Waals surface area contributed by atoms with Gasteiger partial charge in [0.2, 0.25) is 0 Å². The molecule has 14 heavy (non-hydrogen) atoms. The molecule has 1 heterocycles. The van der Waals surface area contributed by atoms with Crippen molar-refractivity contribution < 1.29 is 0 Å². The van der Waals surface area contributed by atoms with E-state index in [0.717, 1.165) is 18.9 Å². The number of aromatic nitrogens is 2. The summed E-state index contributed by atoms with van der Waals surface area (Å²) in [5.41, 5.74) is 8.21. The molecule has 0 saturated heterocycles. The zero-order chi connectivity index (χ0) is 10.1. The Bertz CT molecular complexity index is 324. The largest absolute Gasteiger partial charge is 0.330 e. The number of rotatable bonds is 4. The molecule has 2 rings (SSSR count). The van der Waals surface area contributed by atoms with Crippen LogP contribution in [0, 0.1) is 6.92 Å². The van der Waals surface area contributed by atoms with Crippen LogP contribution in [0.15, 0.2) is 0 Å². The first-order valence-electron chi connectivity index (χ1n) is 5.54. The van der Waals surface area contributed by atoms with Gasteiger partial charge in [-0.2, -0.15) is 0 Å². The zero-order valence-corrected chi connectivity index (χ0v) is 9.08. The molecule has 0 atom stereocenters. The first kappa shape index (κ1) is 9.71. The number of nitrogens with two attached hydrogens (primary N) is 1. The van der Waals surface area contributed by atoms with Crippen LogP contribution in [0.5, 0.6) is 0 Å². The van der Waals surface area contributed by atoms with Gasteiger partial charge in [-0.15, -0.1) is 0 Å². The van der Waals surface area contributed by atoms with Crippen molar-refractivity contribution in [3.8, 4) is 0 Å². The van der Waals surface area contributed by atoms with Gasteiger partial charge in [0.05, 0.1) is 5.69 Å². The van der Waals surface area contributed by atoms with Gasteiger partial charge in [0, 0.05) is 18.2 Å². The molecule has 3 heteroatoms. The first-order chi connectivity index (χ1) is 6.77. The maximum absolute atomic E-state index is 5.60. The molecule has 1 aliphatic carbocycles. The van der Waals surface area contributed by atoms with Crippen LogP contribution >= 0.6 is 0 Å². The molecular formula is C11H19N3. The van der Waals surface area contributed by atoms with Crippen molar-refractivity contribution in [2.75, 3.05) is 6.54 Å². The summed E-state index contributed by atoms with van der Waals surface area (Å²) in [6, 6.07) is 0.729. The molecule has 0 amide bonds. The molecule has 78 valence electrons. The fraction of sp³-hybridized carbons (Fsp3) is 0.727. The standard InChI is InChI=1S/C11H19N3/c1-3-10-8(2)13-11(6-7-12)14(10)9-4-5-9/h9H,3-7,12H2,1-2H3. The van der Waals surface area contributed by atoms with Crippen LogP contribution in [0.4, 0.5) is 0 Å². The maximum Gasteiger partial charge on any atom is 0.110 e. The van der Waals surface area contributed by atoms with E-state index in [1.54, 1.807) is 0 Å². The molecule has 1 saturated carbocycles. The summed E-state index contributed by atoms with van der Waals surface area (Å²) in [6.45, 7) is 5.01. The zero-order valence-electron chi connectivity index (χ0n) is 9.08. The molecular weight excluding hydrogens is 174 g/mol. The quantitative estimate of drug-likeness (QED) is 0.789. The molecule has 2 N–H and O–H groups in total. The van der Waals surface area contributed by atoms with Gasteiger partial charge in [-0.05, 0) is 32.7 Å². The summed E-state index contributed by atoms with van der Waals surface area (Å²) in [6.07, 6.45) is 4.64. The molecule has 1 aromatic rings. The second kappa shape index (κ2) is 3.73. The lowest BCUT2D eigenvalue weighted by atomic mass is 10.3. The number of hydrogen-bond acceptors (Lipinski definition) is 2. The highest BCUT2D eigenvalue weighted by Gasteiger charge is 2.28. The summed E-state index contributed by atoms with van der Waals surface area (Å²) in [7, 11) is 0. The molecule has 0 unspecified atom stereocenters. The van der Waals surface area contributed by atoms with Crippen molar-refractivity contribution in [1.29, 1.82) is 0 Å². The predicted molar refractivity (Wildman–Crippen MR) is 57.4 cm³/mol. The van der Waals surface area contributed by atoms with E-state index < -0.39 is 0 Å².